The number of hydrogen-bond donors (Lipinski definition) is 1. The van der Waals surface area contributed by atoms with Gasteiger partial charge in [-0.2, -0.15) is 0 Å². The molecule has 0 fully saturated rings. The summed E-state index contributed by atoms with van der Waals surface area (Å²) < 4.78 is 0. The topological polar surface area (TPSA) is 43.1 Å². The Morgan fingerprint density at radius 1 is 1.64 bits per heavy atom. The first-order valence-corrected chi connectivity index (χ1v) is 4.45. The molecule has 0 unspecified atom stereocenters. The van der Waals surface area contributed by atoms with Gasteiger partial charge in [-0.05, 0) is 17.9 Å². The Balaban J connectivity index is 2.29. The van der Waals surface area contributed by atoms with Crippen LogP contribution >= 0.6 is 11.3 Å². The highest BCUT2D eigenvalue weighted by atomic mass is 32.1. The number of carbonyl (C=O) groups excluding carboxylic acids is 1. The van der Waals surface area contributed by atoms with Crippen LogP contribution in [0.25, 0.3) is 0 Å². The second-order valence-corrected chi connectivity index (χ2v) is 3.35. The molecule has 0 aliphatic rings. The zero-order chi connectivity index (χ0) is 8.10. The van der Waals surface area contributed by atoms with E-state index in [0.717, 1.165) is 6.42 Å². The van der Waals surface area contributed by atoms with Gasteiger partial charge in [0.25, 0.3) is 0 Å². The minimum Gasteiger partial charge on any atom is -0.324 e. The lowest BCUT2D eigenvalue weighted by Gasteiger charge is -1.93. The van der Waals surface area contributed by atoms with Crippen molar-refractivity contribution in [3.63, 3.8) is 0 Å². The van der Waals surface area contributed by atoms with Crippen LogP contribution in [0.4, 0.5) is 0 Å². The average Bonchev–Trinajstić information content (AvgIpc) is 2.52. The molecule has 1 aromatic rings. The molecule has 0 amide bonds. The maximum absolute atomic E-state index is 10.8. The number of carbonyl (C=O) groups is 1. The number of aryl methyl sites for hydroxylation is 1. The third kappa shape index (κ3) is 2.82. The molecule has 1 heterocycles. The fourth-order valence-electron chi connectivity index (χ4n) is 0.820. The lowest BCUT2D eigenvalue weighted by Crippen LogP contribution is -2.13. The number of thiophene rings is 1. The van der Waals surface area contributed by atoms with Crippen LogP contribution in [0.5, 0.6) is 0 Å². The van der Waals surface area contributed by atoms with Crippen molar-refractivity contribution >= 4 is 17.1 Å². The third-order valence-corrected chi connectivity index (χ3v) is 2.39. The fraction of sp³-hybridized carbons (Fsp3) is 0.375. The van der Waals surface area contributed by atoms with Crippen LogP contribution in [-0.2, 0) is 11.2 Å². The van der Waals surface area contributed by atoms with Gasteiger partial charge in [0.2, 0.25) is 0 Å². The first-order chi connectivity index (χ1) is 5.33. The molecule has 0 radical (unpaired) electrons. The van der Waals surface area contributed by atoms with Crippen LogP contribution in [0, 0.1) is 0 Å². The minimum atomic E-state index is 0.137. The average molecular weight is 169 g/mol. The van der Waals surface area contributed by atoms with Gasteiger partial charge < -0.3 is 5.73 Å². The van der Waals surface area contributed by atoms with Gasteiger partial charge in [0.05, 0.1) is 6.54 Å². The number of hydrogen-bond acceptors (Lipinski definition) is 3. The van der Waals surface area contributed by atoms with Crippen LogP contribution in [0.15, 0.2) is 17.5 Å². The van der Waals surface area contributed by atoms with Crippen LogP contribution in [0.1, 0.15) is 11.3 Å². The van der Waals surface area contributed by atoms with Gasteiger partial charge >= 0.3 is 0 Å². The zero-order valence-electron chi connectivity index (χ0n) is 6.25. The van der Waals surface area contributed by atoms with Crippen molar-refractivity contribution in [2.45, 2.75) is 12.8 Å². The Kier molecular flexibility index (Phi) is 3.26. The van der Waals surface area contributed by atoms with Crippen molar-refractivity contribution < 1.29 is 4.79 Å². The Morgan fingerprint density at radius 2 is 2.45 bits per heavy atom. The summed E-state index contributed by atoms with van der Waals surface area (Å²) in [5.41, 5.74) is 5.17. The molecule has 0 saturated carbocycles. The normalized spacial score (nSPS) is 9.91. The maximum Gasteiger partial charge on any atom is 0.146 e. The summed E-state index contributed by atoms with van der Waals surface area (Å²) in [4.78, 5) is 12.0. The van der Waals surface area contributed by atoms with Crippen molar-refractivity contribution in [1.29, 1.82) is 0 Å². The van der Waals surface area contributed by atoms with E-state index in [1.807, 2.05) is 17.5 Å². The highest BCUT2D eigenvalue weighted by Crippen LogP contribution is 2.10. The zero-order valence-corrected chi connectivity index (χ0v) is 7.06. The fourth-order valence-corrected chi connectivity index (χ4v) is 1.53. The van der Waals surface area contributed by atoms with Crippen molar-refractivity contribution in [1.82, 2.24) is 0 Å². The number of Topliss-reactive ketones (excluding diaryl/α,β-unsaturated/α-hetero) is 1. The van der Waals surface area contributed by atoms with Crippen LogP contribution in [0.3, 0.4) is 0 Å². The largest absolute Gasteiger partial charge is 0.324 e. The van der Waals surface area contributed by atoms with Gasteiger partial charge in [-0.25, -0.2) is 0 Å². The van der Waals surface area contributed by atoms with E-state index in [1.165, 1.54) is 4.88 Å². The van der Waals surface area contributed by atoms with E-state index in [4.69, 9.17) is 5.73 Å². The van der Waals surface area contributed by atoms with Crippen molar-refractivity contribution in [2.75, 3.05) is 6.54 Å². The number of nitrogens with two attached hydrogens (primary N) is 1. The van der Waals surface area contributed by atoms with E-state index in [2.05, 4.69) is 0 Å². The first-order valence-electron chi connectivity index (χ1n) is 3.57. The molecule has 3 heteroatoms. The van der Waals surface area contributed by atoms with Crippen molar-refractivity contribution in [2.24, 2.45) is 5.73 Å². The van der Waals surface area contributed by atoms with Crippen LogP contribution < -0.4 is 5.73 Å². The Bertz CT molecular complexity index is 218. The van der Waals surface area contributed by atoms with E-state index in [0.29, 0.717) is 6.42 Å². The second kappa shape index (κ2) is 4.26. The van der Waals surface area contributed by atoms with Gasteiger partial charge in [0.1, 0.15) is 5.78 Å². The second-order valence-electron chi connectivity index (χ2n) is 2.32. The summed E-state index contributed by atoms with van der Waals surface area (Å²) >= 11 is 1.68. The van der Waals surface area contributed by atoms with Crippen LogP contribution in [-0.4, -0.2) is 12.3 Å². The van der Waals surface area contributed by atoms with E-state index >= 15 is 0 Å². The van der Waals surface area contributed by atoms with E-state index in [1.54, 1.807) is 11.3 Å². The van der Waals surface area contributed by atoms with Gasteiger partial charge in [-0.3, -0.25) is 4.79 Å². The Hall–Kier alpha value is -0.670. The number of ketones is 1. The monoisotopic (exact) mass is 169 g/mol. The molecule has 0 atom stereocenters. The first kappa shape index (κ1) is 8.43. The molecule has 2 nitrogen and oxygen atoms in total. The van der Waals surface area contributed by atoms with Gasteiger partial charge in [-0.1, -0.05) is 6.07 Å². The molecule has 0 aromatic carbocycles. The van der Waals surface area contributed by atoms with E-state index in [-0.39, 0.29) is 12.3 Å². The molecular weight excluding hydrogens is 158 g/mol. The lowest BCUT2D eigenvalue weighted by molar-refractivity contribution is -0.117. The standard InChI is InChI=1S/C8H11NOS/c9-6-7(10)3-4-8-2-1-5-11-8/h1-2,5H,3-4,6,9H2. The molecule has 60 valence electrons. The summed E-state index contributed by atoms with van der Waals surface area (Å²) in [6.07, 6.45) is 1.42. The molecule has 0 bridgehead atoms. The molecule has 0 spiro atoms. The number of rotatable bonds is 4. The van der Waals surface area contributed by atoms with Gasteiger partial charge in [-0.15, -0.1) is 11.3 Å². The van der Waals surface area contributed by atoms with Crippen molar-refractivity contribution in [3.05, 3.63) is 22.4 Å². The summed E-state index contributed by atoms with van der Waals surface area (Å²) in [5, 5.41) is 2.02. The summed E-state index contributed by atoms with van der Waals surface area (Å²) in [5.74, 6) is 0.137. The summed E-state index contributed by atoms with van der Waals surface area (Å²) in [6.45, 7) is 0.172. The SMILES string of the molecule is NCC(=O)CCc1cccs1. The van der Waals surface area contributed by atoms with E-state index in [9.17, 15) is 4.79 Å². The quantitative estimate of drug-likeness (QED) is 0.736. The summed E-state index contributed by atoms with van der Waals surface area (Å²) in [6, 6.07) is 4.03. The van der Waals surface area contributed by atoms with Crippen LogP contribution in [0.2, 0.25) is 0 Å². The molecule has 0 aliphatic heterocycles. The molecule has 0 saturated heterocycles. The van der Waals surface area contributed by atoms with Gasteiger partial charge in [0.15, 0.2) is 0 Å². The van der Waals surface area contributed by atoms with Crippen molar-refractivity contribution in [3.8, 4) is 0 Å². The lowest BCUT2D eigenvalue weighted by atomic mass is 10.2. The molecule has 1 rings (SSSR count). The highest BCUT2D eigenvalue weighted by molar-refractivity contribution is 7.09. The molecule has 1 aromatic heterocycles. The molecule has 0 aliphatic carbocycles. The Morgan fingerprint density at radius 3 is 3.00 bits per heavy atom. The Labute approximate surface area is 70.0 Å². The molecular formula is C8H11NOS. The molecule has 2 N–H and O–H groups in total. The summed E-state index contributed by atoms with van der Waals surface area (Å²) in [7, 11) is 0. The smallest absolute Gasteiger partial charge is 0.146 e. The maximum atomic E-state index is 10.8. The van der Waals surface area contributed by atoms with Gasteiger partial charge in [0, 0.05) is 11.3 Å². The predicted molar refractivity (Wildman–Crippen MR) is 46.7 cm³/mol. The van der Waals surface area contributed by atoms with E-state index < -0.39 is 0 Å². The highest BCUT2D eigenvalue weighted by Gasteiger charge is 1.99. The predicted octanol–water partition coefficient (Wildman–Crippen LogP) is 1.21. The minimum absolute atomic E-state index is 0.137. The third-order valence-electron chi connectivity index (χ3n) is 1.46. The molecule has 11 heavy (non-hydrogen) atoms.